The van der Waals surface area contributed by atoms with Crippen LogP contribution >= 0.6 is 24.8 Å². The van der Waals surface area contributed by atoms with E-state index in [4.69, 9.17) is 0 Å². The van der Waals surface area contributed by atoms with Crippen LogP contribution in [0.3, 0.4) is 0 Å². The average Bonchev–Trinajstić information content (AvgIpc) is 2.49. The molecule has 132 valence electrons. The van der Waals surface area contributed by atoms with Crippen molar-refractivity contribution in [1.29, 1.82) is 0 Å². The molecule has 1 atom stereocenters. The van der Waals surface area contributed by atoms with Crippen molar-refractivity contribution in [2.45, 2.75) is 18.9 Å². The van der Waals surface area contributed by atoms with Gasteiger partial charge < -0.3 is 10.4 Å². The van der Waals surface area contributed by atoms with E-state index in [2.05, 4.69) is 11.9 Å². The average molecular weight is 373 g/mol. The maximum Gasteiger partial charge on any atom is 0.195 e. The van der Waals surface area contributed by atoms with Gasteiger partial charge in [0, 0.05) is 43.9 Å². The van der Waals surface area contributed by atoms with Crippen LogP contribution in [0.1, 0.15) is 24.4 Å². The molecule has 0 spiro atoms. The lowest BCUT2D eigenvalue weighted by Gasteiger charge is -2.35. The molecule has 0 aromatic heterocycles. The molecule has 0 radical (unpaired) electrons. The number of halogens is 5. The Morgan fingerprint density at radius 3 is 2.39 bits per heavy atom. The number of benzene rings is 1. The van der Waals surface area contributed by atoms with Crippen LogP contribution in [0.15, 0.2) is 18.7 Å². The van der Waals surface area contributed by atoms with E-state index < -0.39 is 29.2 Å². The van der Waals surface area contributed by atoms with Crippen LogP contribution in [0.4, 0.5) is 13.2 Å². The Balaban J connectivity index is 0.00000242. The first-order valence-corrected chi connectivity index (χ1v) is 6.98. The van der Waals surface area contributed by atoms with Gasteiger partial charge in [-0.05, 0) is 12.8 Å². The smallest absolute Gasteiger partial charge is 0.195 e. The summed E-state index contributed by atoms with van der Waals surface area (Å²) in [4.78, 5) is 1.97. The quantitative estimate of drug-likeness (QED) is 0.612. The normalized spacial score (nSPS) is 16.1. The fourth-order valence-corrected chi connectivity index (χ4v) is 2.69. The third-order valence-electron chi connectivity index (χ3n) is 3.75. The van der Waals surface area contributed by atoms with Gasteiger partial charge in [-0.1, -0.05) is 6.08 Å². The van der Waals surface area contributed by atoms with E-state index in [9.17, 15) is 18.3 Å². The monoisotopic (exact) mass is 372 g/mol. The number of rotatable bonds is 5. The van der Waals surface area contributed by atoms with Gasteiger partial charge in [-0.15, -0.1) is 31.4 Å². The number of nitrogens with zero attached hydrogens (tertiary/aromatic N) is 1. The molecule has 2 N–H and O–H groups in total. The molecule has 1 aliphatic rings. The second-order valence-corrected chi connectivity index (χ2v) is 5.09. The van der Waals surface area contributed by atoms with Gasteiger partial charge in [0.2, 0.25) is 0 Å². The summed E-state index contributed by atoms with van der Waals surface area (Å²) in [6.07, 6.45) is 2.76. The van der Waals surface area contributed by atoms with Crippen LogP contribution in [0.5, 0.6) is 5.75 Å². The molecular weight excluding hydrogens is 352 g/mol. The van der Waals surface area contributed by atoms with Crippen molar-refractivity contribution in [2.75, 3.05) is 26.2 Å². The summed E-state index contributed by atoms with van der Waals surface area (Å²) in [6.45, 7) is 6.40. The highest BCUT2D eigenvalue weighted by Crippen LogP contribution is 2.36. The zero-order chi connectivity index (χ0) is 15.4. The molecular formula is C15H21Cl2F3N2O. The lowest BCUT2D eigenvalue weighted by Crippen LogP contribution is -2.45. The highest BCUT2D eigenvalue weighted by molar-refractivity contribution is 5.85. The van der Waals surface area contributed by atoms with E-state index >= 15 is 0 Å². The molecule has 0 bridgehead atoms. The minimum absolute atomic E-state index is 0. The Morgan fingerprint density at radius 1 is 1.22 bits per heavy atom. The third kappa shape index (κ3) is 5.01. The summed E-state index contributed by atoms with van der Waals surface area (Å²) >= 11 is 0. The van der Waals surface area contributed by atoms with E-state index in [0.717, 1.165) is 13.1 Å². The Hall–Kier alpha value is -0.950. The van der Waals surface area contributed by atoms with Crippen molar-refractivity contribution in [1.82, 2.24) is 10.2 Å². The summed E-state index contributed by atoms with van der Waals surface area (Å²) in [5.41, 5.74) is -0.169. The van der Waals surface area contributed by atoms with Crippen molar-refractivity contribution in [3.63, 3.8) is 0 Å². The second-order valence-electron chi connectivity index (χ2n) is 5.09. The number of hydrogen-bond acceptors (Lipinski definition) is 3. The second kappa shape index (κ2) is 10.0. The molecule has 3 nitrogen and oxygen atoms in total. The number of hydrogen-bond donors (Lipinski definition) is 2. The third-order valence-corrected chi connectivity index (χ3v) is 3.75. The van der Waals surface area contributed by atoms with Crippen LogP contribution in [0, 0.1) is 17.5 Å². The largest absolute Gasteiger partial charge is 0.507 e. The molecule has 1 saturated heterocycles. The molecule has 1 aliphatic heterocycles. The molecule has 8 heteroatoms. The topological polar surface area (TPSA) is 35.5 Å². The van der Waals surface area contributed by atoms with Crippen molar-refractivity contribution in [3.05, 3.63) is 41.7 Å². The van der Waals surface area contributed by atoms with Crippen LogP contribution < -0.4 is 5.32 Å². The standard InChI is InChI=1S/C15H19F3N2O.2ClH/c1-2-3-4-11(20-7-5-19-6-8-20)13-12(21)9-10(16)14(17)15(13)18;;/h2,9,11,19,21H,1,3-8H2;2*1H/t11-;;/m1../s1. The van der Waals surface area contributed by atoms with Gasteiger partial charge in [-0.25, -0.2) is 13.2 Å². The van der Waals surface area contributed by atoms with Crippen molar-refractivity contribution in [2.24, 2.45) is 0 Å². The number of aromatic hydroxyl groups is 1. The first kappa shape index (κ1) is 22.1. The van der Waals surface area contributed by atoms with Gasteiger partial charge in [0.15, 0.2) is 17.5 Å². The predicted octanol–water partition coefficient (Wildman–Crippen LogP) is 3.57. The van der Waals surface area contributed by atoms with Crippen LogP contribution in [0.2, 0.25) is 0 Å². The van der Waals surface area contributed by atoms with Crippen molar-refractivity contribution >= 4 is 24.8 Å². The SMILES string of the molecule is C=CCC[C@H](c1c(O)cc(F)c(F)c1F)N1CCNCC1.Cl.Cl. The molecule has 1 heterocycles. The summed E-state index contributed by atoms with van der Waals surface area (Å²) < 4.78 is 40.8. The van der Waals surface area contributed by atoms with E-state index in [1.807, 2.05) is 4.90 Å². The Labute approximate surface area is 146 Å². The summed E-state index contributed by atoms with van der Waals surface area (Å²) in [7, 11) is 0. The summed E-state index contributed by atoms with van der Waals surface area (Å²) in [5, 5.41) is 13.1. The minimum Gasteiger partial charge on any atom is -0.507 e. The Morgan fingerprint density at radius 2 is 1.83 bits per heavy atom. The molecule has 1 aromatic carbocycles. The zero-order valence-corrected chi connectivity index (χ0v) is 14.2. The fraction of sp³-hybridized carbons (Fsp3) is 0.467. The zero-order valence-electron chi connectivity index (χ0n) is 12.5. The number of nitrogens with one attached hydrogen (secondary N) is 1. The number of phenols is 1. The van der Waals surface area contributed by atoms with Crippen LogP contribution in [-0.2, 0) is 0 Å². The van der Waals surface area contributed by atoms with E-state index in [0.29, 0.717) is 32.0 Å². The lowest BCUT2D eigenvalue weighted by atomic mass is 9.97. The maximum absolute atomic E-state index is 14.1. The van der Waals surface area contributed by atoms with Gasteiger partial charge >= 0.3 is 0 Å². The van der Waals surface area contributed by atoms with Gasteiger partial charge in [-0.3, -0.25) is 4.90 Å². The Kier molecular flexibility index (Phi) is 9.61. The van der Waals surface area contributed by atoms with E-state index in [-0.39, 0.29) is 30.4 Å². The van der Waals surface area contributed by atoms with Crippen molar-refractivity contribution in [3.8, 4) is 5.75 Å². The predicted molar refractivity (Wildman–Crippen MR) is 89.1 cm³/mol. The molecule has 1 aromatic rings. The van der Waals surface area contributed by atoms with Crippen LogP contribution in [0.25, 0.3) is 0 Å². The van der Waals surface area contributed by atoms with Gasteiger partial charge in [0.1, 0.15) is 5.75 Å². The van der Waals surface area contributed by atoms with Gasteiger partial charge in [0.05, 0.1) is 0 Å². The first-order chi connectivity index (χ1) is 10.1. The van der Waals surface area contributed by atoms with E-state index in [1.165, 1.54) is 0 Å². The first-order valence-electron chi connectivity index (χ1n) is 6.98. The van der Waals surface area contributed by atoms with Crippen LogP contribution in [-0.4, -0.2) is 36.2 Å². The van der Waals surface area contributed by atoms with Gasteiger partial charge in [-0.2, -0.15) is 0 Å². The highest BCUT2D eigenvalue weighted by atomic mass is 35.5. The summed E-state index contributed by atoms with van der Waals surface area (Å²) in [6, 6.07) is 0.136. The number of phenolic OH excluding ortho intramolecular Hbond substituents is 1. The van der Waals surface area contributed by atoms with Crippen molar-refractivity contribution < 1.29 is 18.3 Å². The lowest BCUT2D eigenvalue weighted by molar-refractivity contribution is 0.159. The molecule has 0 aliphatic carbocycles. The molecule has 23 heavy (non-hydrogen) atoms. The molecule has 0 saturated carbocycles. The molecule has 0 amide bonds. The number of piperazine rings is 1. The Bertz CT molecular complexity index is 526. The highest BCUT2D eigenvalue weighted by Gasteiger charge is 2.29. The molecule has 1 fully saturated rings. The molecule has 2 rings (SSSR count). The minimum atomic E-state index is -1.54. The van der Waals surface area contributed by atoms with Gasteiger partial charge in [0.25, 0.3) is 0 Å². The summed E-state index contributed by atoms with van der Waals surface area (Å²) in [5.74, 6) is -4.77. The molecule has 0 unspecified atom stereocenters. The van der Waals surface area contributed by atoms with E-state index in [1.54, 1.807) is 6.08 Å². The number of allylic oxidation sites excluding steroid dienone is 1. The maximum atomic E-state index is 14.1. The fourth-order valence-electron chi connectivity index (χ4n) is 2.69.